The van der Waals surface area contributed by atoms with E-state index < -0.39 is 5.97 Å². The molecule has 2 N–H and O–H groups in total. The Balaban J connectivity index is 2.54. The van der Waals surface area contributed by atoms with Crippen LogP contribution in [0.3, 0.4) is 0 Å². The Morgan fingerprint density at radius 2 is 1.75 bits per heavy atom. The minimum absolute atomic E-state index is 0.00721. The van der Waals surface area contributed by atoms with Crippen LogP contribution in [0.5, 0.6) is 0 Å². The zero-order valence-corrected chi connectivity index (χ0v) is 13.1. The fraction of sp³-hybridized carbons (Fsp3) is 0.867. The molecule has 0 aromatic heterocycles. The number of carbonyl (C=O) groups excluding carboxylic acids is 1. The number of nitrogens with zero attached hydrogens (tertiary/aromatic N) is 1. The molecule has 2 unspecified atom stereocenters. The first-order valence-electron chi connectivity index (χ1n) is 7.58. The molecule has 0 aromatic rings. The monoisotopic (exact) mass is 284 g/mol. The van der Waals surface area contributed by atoms with Crippen LogP contribution >= 0.6 is 0 Å². The van der Waals surface area contributed by atoms with Gasteiger partial charge in [-0.3, -0.25) is 4.79 Å². The summed E-state index contributed by atoms with van der Waals surface area (Å²) in [7, 11) is 0. The fourth-order valence-corrected chi connectivity index (χ4v) is 3.13. The zero-order valence-electron chi connectivity index (χ0n) is 13.1. The van der Waals surface area contributed by atoms with E-state index in [1.165, 1.54) is 6.42 Å². The lowest BCUT2D eigenvalue weighted by atomic mass is 9.80. The molecule has 0 aromatic carbocycles. The van der Waals surface area contributed by atoms with E-state index in [-0.39, 0.29) is 31.1 Å². The van der Waals surface area contributed by atoms with E-state index in [0.29, 0.717) is 11.8 Å². The smallest absolute Gasteiger partial charge is 0.317 e. The molecule has 1 fully saturated rings. The Morgan fingerprint density at radius 3 is 2.20 bits per heavy atom. The minimum Gasteiger partial charge on any atom is -0.481 e. The van der Waals surface area contributed by atoms with E-state index in [1.54, 1.807) is 4.90 Å². The van der Waals surface area contributed by atoms with Crippen LogP contribution in [0.25, 0.3) is 0 Å². The second kappa shape index (κ2) is 7.50. The van der Waals surface area contributed by atoms with Crippen LogP contribution in [-0.4, -0.2) is 40.6 Å². The number of aliphatic carboxylic acids is 1. The molecule has 0 spiro atoms. The number of hydrogen-bond acceptors (Lipinski definition) is 2. The number of carbonyl (C=O) groups is 2. The molecule has 116 valence electrons. The molecule has 1 aliphatic carbocycles. The Hall–Kier alpha value is -1.26. The highest BCUT2D eigenvalue weighted by Crippen LogP contribution is 2.28. The topological polar surface area (TPSA) is 69.6 Å². The van der Waals surface area contributed by atoms with Gasteiger partial charge in [-0.2, -0.15) is 0 Å². The third-order valence-electron chi connectivity index (χ3n) is 3.96. The van der Waals surface area contributed by atoms with Crippen molar-refractivity contribution in [3.05, 3.63) is 0 Å². The molecule has 0 saturated heterocycles. The lowest BCUT2D eigenvalue weighted by molar-refractivity contribution is -0.137. The summed E-state index contributed by atoms with van der Waals surface area (Å²) in [6.45, 7) is 8.52. The largest absolute Gasteiger partial charge is 0.481 e. The summed E-state index contributed by atoms with van der Waals surface area (Å²) in [5.74, 6) is 0.398. The Bertz CT molecular complexity index is 334. The molecule has 2 atom stereocenters. The van der Waals surface area contributed by atoms with Crippen molar-refractivity contribution in [1.29, 1.82) is 0 Å². The quantitative estimate of drug-likeness (QED) is 0.815. The van der Waals surface area contributed by atoms with Crippen molar-refractivity contribution in [1.82, 2.24) is 10.2 Å². The van der Waals surface area contributed by atoms with Gasteiger partial charge in [0.1, 0.15) is 0 Å². The summed E-state index contributed by atoms with van der Waals surface area (Å²) in [6.07, 6.45) is 3.24. The van der Waals surface area contributed by atoms with E-state index >= 15 is 0 Å². The van der Waals surface area contributed by atoms with Gasteiger partial charge in [0.25, 0.3) is 0 Å². The van der Waals surface area contributed by atoms with Gasteiger partial charge in [-0.25, -0.2) is 4.79 Å². The number of hydrogen-bond donors (Lipinski definition) is 2. The first-order valence-corrected chi connectivity index (χ1v) is 7.58. The highest BCUT2D eigenvalue weighted by molar-refractivity contribution is 5.76. The third kappa shape index (κ3) is 5.39. The lowest BCUT2D eigenvalue weighted by Gasteiger charge is -2.34. The van der Waals surface area contributed by atoms with Crippen molar-refractivity contribution in [2.75, 3.05) is 6.54 Å². The maximum atomic E-state index is 12.3. The van der Waals surface area contributed by atoms with Crippen molar-refractivity contribution in [2.45, 2.75) is 65.5 Å². The predicted molar refractivity (Wildman–Crippen MR) is 78.6 cm³/mol. The first kappa shape index (κ1) is 16.8. The fourth-order valence-electron chi connectivity index (χ4n) is 3.13. The van der Waals surface area contributed by atoms with Gasteiger partial charge in [0.2, 0.25) is 0 Å². The van der Waals surface area contributed by atoms with Crippen molar-refractivity contribution < 1.29 is 14.7 Å². The average Bonchev–Trinajstić information content (AvgIpc) is 2.26. The van der Waals surface area contributed by atoms with E-state index in [1.807, 2.05) is 13.8 Å². The van der Waals surface area contributed by atoms with Crippen LogP contribution in [0.2, 0.25) is 0 Å². The predicted octanol–water partition coefficient (Wildman–Crippen LogP) is 2.71. The molecule has 0 bridgehead atoms. The molecule has 0 heterocycles. The summed E-state index contributed by atoms with van der Waals surface area (Å²) >= 11 is 0. The highest BCUT2D eigenvalue weighted by Gasteiger charge is 2.27. The summed E-state index contributed by atoms with van der Waals surface area (Å²) < 4.78 is 0. The van der Waals surface area contributed by atoms with E-state index in [2.05, 4.69) is 19.2 Å². The molecule has 1 aliphatic rings. The second-order valence-corrected chi connectivity index (χ2v) is 6.49. The Kier molecular flexibility index (Phi) is 6.30. The van der Waals surface area contributed by atoms with E-state index in [4.69, 9.17) is 5.11 Å². The van der Waals surface area contributed by atoms with E-state index in [9.17, 15) is 9.59 Å². The summed E-state index contributed by atoms with van der Waals surface area (Å²) in [6, 6.07) is 0.0904. The Morgan fingerprint density at radius 1 is 1.20 bits per heavy atom. The highest BCUT2D eigenvalue weighted by atomic mass is 16.4. The molecule has 1 rings (SSSR count). The van der Waals surface area contributed by atoms with Gasteiger partial charge < -0.3 is 15.3 Å². The van der Waals surface area contributed by atoms with Crippen LogP contribution < -0.4 is 5.32 Å². The van der Waals surface area contributed by atoms with Gasteiger partial charge in [0, 0.05) is 18.6 Å². The minimum atomic E-state index is -0.872. The average molecular weight is 284 g/mol. The van der Waals surface area contributed by atoms with Gasteiger partial charge in [-0.05, 0) is 44.9 Å². The standard InChI is InChI=1S/C15H28N2O3/c1-10(2)17(6-5-14(18)19)15(20)16-13-8-11(3)7-12(4)9-13/h10-13H,5-9H2,1-4H3,(H,16,20)(H,18,19). The number of carboxylic acids is 1. The number of amides is 2. The molecule has 20 heavy (non-hydrogen) atoms. The van der Waals surface area contributed by atoms with Crippen LogP contribution in [0.1, 0.15) is 53.4 Å². The third-order valence-corrected chi connectivity index (χ3v) is 3.96. The van der Waals surface area contributed by atoms with Crippen LogP contribution in [0.15, 0.2) is 0 Å². The number of rotatable bonds is 5. The van der Waals surface area contributed by atoms with Crippen molar-refractivity contribution in [2.24, 2.45) is 11.8 Å². The maximum absolute atomic E-state index is 12.3. The number of carboxylic acid groups (broad SMARTS) is 1. The molecule has 2 amide bonds. The van der Waals surface area contributed by atoms with Gasteiger partial charge in [0.15, 0.2) is 0 Å². The molecule has 0 radical (unpaired) electrons. The summed E-state index contributed by atoms with van der Waals surface area (Å²) in [5, 5.41) is 11.8. The normalized spacial score (nSPS) is 26.4. The lowest BCUT2D eigenvalue weighted by Crippen LogP contribution is -2.50. The molecular formula is C15H28N2O3. The van der Waals surface area contributed by atoms with Gasteiger partial charge in [0.05, 0.1) is 6.42 Å². The van der Waals surface area contributed by atoms with Crippen molar-refractivity contribution in [3.63, 3.8) is 0 Å². The van der Waals surface area contributed by atoms with Gasteiger partial charge in [-0.15, -0.1) is 0 Å². The summed E-state index contributed by atoms with van der Waals surface area (Å²) in [4.78, 5) is 24.6. The van der Waals surface area contributed by atoms with Gasteiger partial charge in [-0.1, -0.05) is 13.8 Å². The van der Waals surface area contributed by atoms with Gasteiger partial charge >= 0.3 is 12.0 Å². The first-order chi connectivity index (χ1) is 9.29. The van der Waals surface area contributed by atoms with Crippen molar-refractivity contribution in [3.8, 4) is 0 Å². The Labute approximate surface area is 121 Å². The number of nitrogens with one attached hydrogen (secondary N) is 1. The van der Waals surface area contributed by atoms with Crippen LogP contribution in [0.4, 0.5) is 4.79 Å². The van der Waals surface area contributed by atoms with Crippen molar-refractivity contribution >= 4 is 12.0 Å². The molecule has 0 aliphatic heterocycles. The van der Waals surface area contributed by atoms with Crippen LogP contribution in [0, 0.1) is 11.8 Å². The maximum Gasteiger partial charge on any atom is 0.317 e. The summed E-state index contributed by atoms with van der Waals surface area (Å²) in [5.41, 5.74) is 0. The molecular weight excluding hydrogens is 256 g/mol. The van der Waals surface area contributed by atoms with E-state index in [0.717, 1.165) is 12.8 Å². The molecule has 1 saturated carbocycles. The second-order valence-electron chi connectivity index (χ2n) is 6.49. The SMILES string of the molecule is CC1CC(C)CC(NC(=O)N(CCC(=O)O)C(C)C)C1. The molecule has 5 nitrogen and oxygen atoms in total. The number of urea groups is 1. The molecule has 5 heteroatoms. The zero-order chi connectivity index (χ0) is 15.3. The van der Waals surface area contributed by atoms with Crippen LogP contribution in [-0.2, 0) is 4.79 Å².